The van der Waals surface area contributed by atoms with Crippen molar-refractivity contribution in [3.05, 3.63) is 100 Å². The fourth-order valence-corrected chi connectivity index (χ4v) is 4.90. The molecule has 5 aromatic rings. The minimum Gasteiger partial charge on any atom is -0.487 e. The molecule has 1 fully saturated rings. The summed E-state index contributed by atoms with van der Waals surface area (Å²) in [5.74, 6) is 0.625. The molecule has 1 aliphatic rings. The highest BCUT2D eigenvalue weighted by atomic mass is 19.3. The molecule has 0 aliphatic heterocycles. The summed E-state index contributed by atoms with van der Waals surface area (Å²) in [7, 11) is 1.54. The van der Waals surface area contributed by atoms with Gasteiger partial charge in [0.05, 0.1) is 42.6 Å². The smallest absolute Gasteiger partial charge is 0.387 e. The summed E-state index contributed by atoms with van der Waals surface area (Å²) in [5, 5.41) is 7.05. The second-order valence-corrected chi connectivity index (χ2v) is 9.92. The molecule has 0 saturated heterocycles. The maximum absolute atomic E-state index is 13.2. The second kappa shape index (κ2) is 12.0. The SMILES string of the molecule is COc1ccc(Cc2c(-c3ccc(OC(F)F)c(OC4CC4)c3)n(COCc3ccccc3)c3cn[nH]c(=O)c23)cn1. The molecule has 0 unspecified atom stereocenters. The van der Waals surface area contributed by atoms with Crippen LogP contribution < -0.4 is 19.8 Å². The second-order valence-electron chi connectivity index (χ2n) is 9.92. The Hall–Kier alpha value is -4.77. The van der Waals surface area contributed by atoms with E-state index in [1.165, 1.54) is 6.07 Å². The number of benzene rings is 2. The number of H-pyrrole nitrogens is 1. The number of methoxy groups -OCH3 is 1. The molecule has 0 atom stereocenters. The van der Waals surface area contributed by atoms with Gasteiger partial charge in [-0.25, -0.2) is 10.1 Å². The van der Waals surface area contributed by atoms with Crippen molar-refractivity contribution in [2.45, 2.75) is 45.3 Å². The van der Waals surface area contributed by atoms with E-state index in [1.54, 1.807) is 37.7 Å². The fraction of sp³-hybridized carbons (Fsp3) is 0.258. The molecule has 11 heteroatoms. The number of nitrogens with zero attached hydrogens (tertiary/aromatic N) is 3. The van der Waals surface area contributed by atoms with E-state index in [4.69, 9.17) is 18.9 Å². The van der Waals surface area contributed by atoms with E-state index in [0.717, 1.165) is 24.0 Å². The molecular formula is C31H28F2N4O5. The van der Waals surface area contributed by atoms with Crippen LogP contribution in [0.2, 0.25) is 0 Å². The minimum atomic E-state index is -3.00. The van der Waals surface area contributed by atoms with Crippen LogP contribution >= 0.6 is 0 Å². The Balaban J connectivity index is 1.49. The number of hydrogen-bond acceptors (Lipinski definition) is 7. The van der Waals surface area contributed by atoms with Gasteiger partial charge in [0.1, 0.15) is 6.73 Å². The van der Waals surface area contributed by atoms with Crippen LogP contribution in [-0.2, 0) is 24.5 Å². The number of ether oxygens (including phenoxy) is 4. The van der Waals surface area contributed by atoms with Gasteiger partial charge in [-0.1, -0.05) is 36.4 Å². The van der Waals surface area contributed by atoms with E-state index in [1.807, 2.05) is 41.0 Å². The number of pyridine rings is 1. The highest BCUT2D eigenvalue weighted by Gasteiger charge is 2.27. The predicted molar refractivity (Wildman–Crippen MR) is 151 cm³/mol. The van der Waals surface area contributed by atoms with Crippen molar-refractivity contribution in [3.8, 4) is 28.6 Å². The van der Waals surface area contributed by atoms with Gasteiger partial charge in [-0.05, 0) is 47.7 Å². The van der Waals surface area contributed by atoms with Gasteiger partial charge in [-0.3, -0.25) is 4.79 Å². The third-order valence-electron chi connectivity index (χ3n) is 6.96. The van der Waals surface area contributed by atoms with E-state index in [2.05, 4.69) is 15.2 Å². The highest BCUT2D eigenvalue weighted by molar-refractivity contribution is 5.91. The molecule has 6 rings (SSSR count). The first-order valence-electron chi connectivity index (χ1n) is 13.5. The van der Waals surface area contributed by atoms with Crippen molar-refractivity contribution in [1.29, 1.82) is 0 Å². The Morgan fingerprint density at radius 2 is 1.86 bits per heavy atom. The summed E-state index contributed by atoms with van der Waals surface area (Å²) in [6.07, 6.45) is 5.23. The van der Waals surface area contributed by atoms with E-state index < -0.39 is 6.61 Å². The molecule has 3 aromatic heterocycles. The lowest BCUT2D eigenvalue weighted by Crippen LogP contribution is -2.09. The lowest BCUT2D eigenvalue weighted by molar-refractivity contribution is -0.0516. The fourth-order valence-electron chi connectivity index (χ4n) is 4.90. The van der Waals surface area contributed by atoms with Gasteiger partial charge in [0, 0.05) is 24.2 Å². The number of rotatable bonds is 12. The maximum Gasteiger partial charge on any atom is 0.387 e. The molecule has 1 saturated carbocycles. The van der Waals surface area contributed by atoms with Crippen molar-refractivity contribution in [2.24, 2.45) is 0 Å². The molecule has 9 nitrogen and oxygen atoms in total. The quantitative estimate of drug-likeness (QED) is 0.204. The summed E-state index contributed by atoms with van der Waals surface area (Å²) in [6, 6.07) is 18.2. The largest absolute Gasteiger partial charge is 0.487 e. The minimum absolute atomic E-state index is 0.0518. The van der Waals surface area contributed by atoms with Gasteiger partial charge in [-0.15, -0.1) is 0 Å². The van der Waals surface area contributed by atoms with Crippen LogP contribution in [0.4, 0.5) is 8.78 Å². The van der Waals surface area contributed by atoms with Crippen LogP contribution in [0.1, 0.15) is 29.5 Å². The molecule has 1 aliphatic carbocycles. The molecular weight excluding hydrogens is 546 g/mol. The zero-order chi connectivity index (χ0) is 29.1. The number of hydrogen-bond donors (Lipinski definition) is 1. The van der Waals surface area contributed by atoms with Gasteiger partial charge in [-0.2, -0.15) is 13.9 Å². The molecule has 0 amide bonds. The average Bonchev–Trinajstić information content (AvgIpc) is 3.76. The Morgan fingerprint density at radius 3 is 2.57 bits per heavy atom. The molecule has 1 N–H and O–H groups in total. The Bertz CT molecular complexity index is 1730. The van der Waals surface area contributed by atoms with Crippen LogP contribution in [0.5, 0.6) is 17.4 Å². The molecule has 216 valence electrons. The maximum atomic E-state index is 13.2. The number of aromatic amines is 1. The molecule has 0 bridgehead atoms. The Kier molecular flexibility index (Phi) is 7.83. The molecule has 42 heavy (non-hydrogen) atoms. The van der Waals surface area contributed by atoms with Gasteiger partial charge in [0.25, 0.3) is 5.56 Å². The summed E-state index contributed by atoms with van der Waals surface area (Å²) in [4.78, 5) is 17.6. The number of alkyl halides is 2. The molecule has 0 radical (unpaired) electrons. The van der Waals surface area contributed by atoms with Gasteiger partial charge in [0.15, 0.2) is 11.5 Å². The molecule has 2 aromatic carbocycles. The van der Waals surface area contributed by atoms with Crippen molar-refractivity contribution in [3.63, 3.8) is 0 Å². The summed E-state index contributed by atoms with van der Waals surface area (Å²) in [5.41, 5.74) is 4.03. The number of aromatic nitrogens is 4. The van der Waals surface area contributed by atoms with Crippen molar-refractivity contribution < 1.29 is 27.7 Å². The van der Waals surface area contributed by atoms with Crippen molar-refractivity contribution in [1.82, 2.24) is 19.7 Å². The normalized spacial score (nSPS) is 13.0. The molecule has 0 spiro atoms. The average molecular weight is 575 g/mol. The summed E-state index contributed by atoms with van der Waals surface area (Å²) < 4.78 is 50.4. The van der Waals surface area contributed by atoms with E-state index >= 15 is 0 Å². The Labute approximate surface area is 239 Å². The summed E-state index contributed by atoms with van der Waals surface area (Å²) >= 11 is 0. The topological polar surface area (TPSA) is 100 Å². The van der Waals surface area contributed by atoms with E-state index in [0.29, 0.717) is 46.6 Å². The number of nitrogens with one attached hydrogen (secondary N) is 1. The molecule has 3 heterocycles. The van der Waals surface area contributed by atoms with Crippen LogP contribution in [0.3, 0.4) is 0 Å². The Morgan fingerprint density at radius 1 is 1.02 bits per heavy atom. The van der Waals surface area contributed by atoms with Gasteiger partial charge < -0.3 is 23.5 Å². The van der Waals surface area contributed by atoms with Crippen LogP contribution in [-0.4, -0.2) is 39.6 Å². The first-order chi connectivity index (χ1) is 20.5. The van der Waals surface area contributed by atoms with E-state index in [-0.39, 0.29) is 29.9 Å². The zero-order valence-corrected chi connectivity index (χ0v) is 22.8. The third kappa shape index (κ3) is 5.96. The lowest BCUT2D eigenvalue weighted by Gasteiger charge is -2.17. The number of fused-ring (bicyclic) bond motifs is 1. The highest BCUT2D eigenvalue weighted by Crippen LogP contribution is 2.41. The predicted octanol–water partition coefficient (Wildman–Crippen LogP) is 5.70. The van der Waals surface area contributed by atoms with Crippen LogP contribution in [0.15, 0.2) is 77.9 Å². The first-order valence-corrected chi connectivity index (χ1v) is 13.5. The standard InChI is InChI=1S/C31H28F2N4O5/c1-39-27-12-7-20(15-34-27)13-23-28-24(16-35-36-30(28)38)37(18-40-17-19-5-3-2-4-6-19)29(23)21-8-11-25(42-31(32)33)26(14-21)41-22-9-10-22/h2-8,11-12,14-16,22,31H,9-10,13,17-18H2,1H3,(H,36,38). The van der Waals surface area contributed by atoms with Gasteiger partial charge >= 0.3 is 6.61 Å². The van der Waals surface area contributed by atoms with Crippen LogP contribution in [0.25, 0.3) is 22.2 Å². The van der Waals surface area contributed by atoms with Crippen molar-refractivity contribution in [2.75, 3.05) is 7.11 Å². The zero-order valence-electron chi connectivity index (χ0n) is 22.8. The third-order valence-corrected chi connectivity index (χ3v) is 6.96. The monoisotopic (exact) mass is 574 g/mol. The van der Waals surface area contributed by atoms with Gasteiger partial charge in [0.2, 0.25) is 5.88 Å². The van der Waals surface area contributed by atoms with Crippen molar-refractivity contribution >= 4 is 10.9 Å². The first kappa shape index (κ1) is 27.4. The summed E-state index contributed by atoms with van der Waals surface area (Å²) in [6.45, 7) is -2.57. The van der Waals surface area contributed by atoms with Crippen LogP contribution in [0, 0.1) is 0 Å². The van der Waals surface area contributed by atoms with E-state index in [9.17, 15) is 13.6 Å². The number of halogens is 2. The lowest BCUT2D eigenvalue weighted by atomic mass is 9.99.